The summed E-state index contributed by atoms with van der Waals surface area (Å²) in [4.78, 5) is 26.6. The number of fused-ring (bicyclic) bond motifs is 2. The number of hydrogen-bond donors (Lipinski definition) is 2. The molecule has 0 fully saturated rings. The van der Waals surface area contributed by atoms with Gasteiger partial charge >= 0.3 is 0 Å². The Bertz CT molecular complexity index is 1320. The van der Waals surface area contributed by atoms with E-state index in [1.165, 1.54) is 14.2 Å². The van der Waals surface area contributed by atoms with Crippen LogP contribution in [0.2, 0.25) is 0 Å². The second-order valence-corrected chi connectivity index (χ2v) is 18.9. The third-order valence-corrected chi connectivity index (χ3v) is 15.5. The van der Waals surface area contributed by atoms with Crippen LogP contribution in [0.25, 0.3) is 0 Å². The second kappa shape index (κ2) is 10.5. The zero-order valence-corrected chi connectivity index (χ0v) is 26.0. The van der Waals surface area contributed by atoms with Gasteiger partial charge in [0.15, 0.2) is 14.3 Å². The van der Waals surface area contributed by atoms with E-state index in [9.17, 15) is 18.7 Å². The van der Waals surface area contributed by atoms with Gasteiger partial charge in [-0.25, -0.2) is 0 Å². The highest BCUT2D eigenvalue weighted by molar-refractivity contribution is 7.75. The zero-order chi connectivity index (χ0) is 29.7. The molecule has 10 nitrogen and oxygen atoms in total. The molecular formula is C28H38N2O8P2. The van der Waals surface area contributed by atoms with Crippen LogP contribution in [0.3, 0.4) is 0 Å². The predicted octanol–water partition coefficient (Wildman–Crippen LogP) is 3.65. The van der Waals surface area contributed by atoms with Gasteiger partial charge in [0.05, 0.1) is 14.2 Å². The Kier molecular flexibility index (Phi) is 7.85. The third kappa shape index (κ3) is 4.59. The molecule has 4 atom stereocenters. The molecule has 0 aliphatic carbocycles. The smallest absolute Gasteiger partial charge is 0.269 e. The number of rotatable bonds is 7. The van der Waals surface area contributed by atoms with E-state index < -0.39 is 48.1 Å². The first-order valence-corrected chi connectivity index (χ1v) is 16.6. The molecule has 2 aliphatic heterocycles. The average Bonchev–Trinajstić information content (AvgIpc) is 3.39. The maximum absolute atomic E-state index is 14.5. The number of methoxy groups -OCH3 is 2. The van der Waals surface area contributed by atoms with Crippen LogP contribution in [0.1, 0.15) is 41.5 Å². The van der Waals surface area contributed by atoms with E-state index in [0.717, 1.165) is 0 Å². The first-order chi connectivity index (χ1) is 18.6. The molecule has 2 heterocycles. The van der Waals surface area contributed by atoms with Crippen molar-refractivity contribution in [2.45, 2.75) is 63.5 Å². The van der Waals surface area contributed by atoms with Crippen LogP contribution in [0, 0.1) is 0 Å². The normalized spacial score (nSPS) is 25.2. The maximum atomic E-state index is 14.5. The van der Waals surface area contributed by atoms with Gasteiger partial charge in [-0.1, -0.05) is 53.7 Å². The summed E-state index contributed by atoms with van der Waals surface area (Å²) in [6.45, 7) is 10.9. The number of amides is 2. The fourth-order valence-electron chi connectivity index (χ4n) is 5.16. The number of nitrogens with one attached hydrogen (secondary N) is 2. The Labute approximate surface area is 235 Å². The van der Waals surface area contributed by atoms with Crippen molar-refractivity contribution in [3.8, 4) is 23.0 Å². The van der Waals surface area contributed by atoms with Gasteiger partial charge in [0, 0.05) is 23.4 Å². The lowest BCUT2D eigenvalue weighted by atomic mass is 10.3. The molecule has 12 heteroatoms. The lowest BCUT2D eigenvalue weighted by molar-refractivity contribution is -0.126. The van der Waals surface area contributed by atoms with Crippen LogP contribution < -0.4 is 40.2 Å². The van der Waals surface area contributed by atoms with Crippen molar-refractivity contribution in [1.29, 1.82) is 0 Å². The highest BCUT2D eigenvalue weighted by Gasteiger charge is 2.58. The van der Waals surface area contributed by atoms with E-state index in [1.807, 2.05) is 0 Å². The number of hydrogen-bond acceptors (Lipinski definition) is 8. The largest absolute Gasteiger partial charge is 0.496 e. The minimum atomic E-state index is -3.44. The monoisotopic (exact) mass is 592 g/mol. The molecule has 0 unspecified atom stereocenters. The Morgan fingerprint density at radius 1 is 0.725 bits per heavy atom. The summed E-state index contributed by atoms with van der Waals surface area (Å²) >= 11 is 0. The molecule has 0 bridgehead atoms. The minimum absolute atomic E-state index is 0.0326. The van der Waals surface area contributed by atoms with Gasteiger partial charge in [-0.15, -0.1) is 0 Å². The number of benzene rings is 2. The molecule has 0 radical (unpaired) electrons. The average molecular weight is 593 g/mol. The summed E-state index contributed by atoms with van der Waals surface area (Å²) in [6, 6.07) is 10.2. The standard InChI is InChI=1S/C28H38N2O8P2/c1-27(2,3)39(33)21-17(35-7)11-9-13-19(21)37-25(39)23(31)29-15-16-30-24(32)26-38-20-14-10-12-18(36-8)22(20)40(26,34)28(4,5)6/h9-14,25-26H,15-16H2,1-8H3,(H,29,31)(H,30,32)/t25-,26-,39+,40+/m1/s1. The summed E-state index contributed by atoms with van der Waals surface area (Å²) in [5.74, 6) is -2.05. The van der Waals surface area contributed by atoms with Gasteiger partial charge in [-0.05, 0) is 24.3 Å². The van der Waals surface area contributed by atoms with Crippen molar-refractivity contribution in [2.24, 2.45) is 0 Å². The van der Waals surface area contributed by atoms with Crippen molar-refractivity contribution >= 4 is 36.7 Å². The predicted molar refractivity (Wildman–Crippen MR) is 155 cm³/mol. The molecular weight excluding hydrogens is 554 g/mol. The molecule has 2 aromatic rings. The second-order valence-electron chi connectivity index (χ2n) is 11.8. The Balaban J connectivity index is 1.46. The van der Waals surface area contributed by atoms with E-state index in [2.05, 4.69) is 10.6 Å². The first kappa shape index (κ1) is 30.0. The molecule has 40 heavy (non-hydrogen) atoms. The lowest BCUT2D eigenvalue weighted by Gasteiger charge is -2.32. The van der Waals surface area contributed by atoms with Gasteiger partial charge in [0.25, 0.3) is 11.8 Å². The summed E-state index contributed by atoms with van der Waals surface area (Å²) in [5.41, 5.74) is 0. The van der Waals surface area contributed by atoms with E-state index >= 15 is 0 Å². The molecule has 0 spiro atoms. The van der Waals surface area contributed by atoms with Crippen LogP contribution in [0.4, 0.5) is 0 Å². The van der Waals surface area contributed by atoms with Gasteiger partial charge in [0.1, 0.15) is 33.6 Å². The van der Waals surface area contributed by atoms with Gasteiger partial charge < -0.3 is 38.7 Å². The van der Waals surface area contributed by atoms with Crippen molar-refractivity contribution in [1.82, 2.24) is 10.6 Å². The quantitative estimate of drug-likeness (QED) is 0.368. The Morgan fingerprint density at radius 3 is 1.38 bits per heavy atom. The van der Waals surface area contributed by atoms with Gasteiger partial charge in [0.2, 0.25) is 11.7 Å². The third-order valence-electron chi connectivity index (χ3n) is 7.33. The molecule has 0 aromatic heterocycles. The van der Waals surface area contributed by atoms with Crippen molar-refractivity contribution in [2.75, 3.05) is 27.3 Å². The highest BCUT2D eigenvalue weighted by atomic mass is 31.2. The van der Waals surface area contributed by atoms with Crippen LogP contribution in [0.15, 0.2) is 36.4 Å². The van der Waals surface area contributed by atoms with Crippen LogP contribution in [0.5, 0.6) is 23.0 Å². The van der Waals surface area contributed by atoms with Crippen LogP contribution in [-0.2, 0) is 18.7 Å². The summed E-state index contributed by atoms with van der Waals surface area (Å²) in [6.07, 6.45) is 0. The number of carbonyl (C=O) groups is 2. The van der Waals surface area contributed by atoms with E-state index in [0.29, 0.717) is 33.6 Å². The number of ether oxygens (including phenoxy) is 4. The van der Waals surface area contributed by atoms with E-state index in [-0.39, 0.29) is 13.1 Å². The Hall–Kier alpha value is -2.96. The molecule has 0 saturated carbocycles. The van der Waals surface area contributed by atoms with Crippen molar-refractivity contribution in [3.05, 3.63) is 36.4 Å². The van der Waals surface area contributed by atoms with Gasteiger partial charge in [-0.3, -0.25) is 9.59 Å². The number of carbonyl (C=O) groups excluding carboxylic acids is 2. The van der Waals surface area contributed by atoms with E-state index in [1.54, 1.807) is 77.9 Å². The fourth-order valence-corrected chi connectivity index (χ4v) is 11.6. The maximum Gasteiger partial charge on any atom is 0.269 e. The molecule has 0 saturated heterocycles. The Morgan fingerprint density at radius 2 is 1.07 bits per heavy atom. The van der Waals surface area contributed by atoms with E-state index in [4.69, 9.17) is 18.9 Å². The molecule has 2 aliphatic rings. The highest BCUT2D eigenvalue weighted by Crippen LogP contribution is 2.68. The molecule has 218 valence electrons. The minimum Gasteiger partial charge on any atom is -0.496 e. The molecule has 4 rings (SSSR count). The summed E-state index contributed by atoms with van der Waals surface area (Å²) in [5, 5.41) is 4.74. The van der Waals surface area contributed by atoms with Gasteiger partial charge in [-0.2, -0.15) is 0 Å². The molecule has 2 N–H and O–H groups in total. The summed E-state index contributed by atoms with van der Waals surface area (Å²) in [7, 11) is -3.91. The molecule has 2 aromatic carbocycles. The summed E-state index contributed by atoms with van der Waals surface area (Å²) < 4.78 is 51.7. The van der Waals surface area contributed by atoms with Crippen LogP contribution in [-0.4, -0.2) is 61.1 Å². The topological polar surface area (TPSA) is 129 Å². The van der Waals surface area contributed by atoms with Crippen LogP contribution >= 0.6 is 14.3 Å². The first-order valence-electron chi connectivity index (χ1n) is 13.1. The zero-order valence-electron chi connectivity index (χ0n) is 24.2. The fraction of sp³-hybridized carbons (Fsp3) is 0.500. The van der Waals surface area contributed by atoms with Crippen molar-refractivity contribution < 1.29 is 37.7 Å². The lowest BCUT2D eigenvalue weighted by Crippen LogP contribution is -2.45. The van der Waals surface area contributed by atoms with Crippen molar-refractivity contribution in [3.63, 3.8) is 0 Å². The SMILES string of the molecule is COc1cccc2c1[P@@](=O)(C(C)(C)C)[C@H](C(=O)NCCNC(=O)[C@@H]1Oc3cccc(OC)c3[P@@]1(=O)C(C)(C)C)O2. The molecule has 2 amide bonds.